The Morgan fingerprint density at radius 1 is 1.27 bits per heavy atom. The second kappa shape index (κ2) is 6.40. The summed E-state index contributed by atoms with van der Waals surface area (Å²) < 4.78 is 11.3. The van der Waals surface area contributed by atoms with Crippen molar-refractivity contribution in [2.24, 2.45) is 0 Å². The van der Waals surface area contributed by atoms with Gasteiger partial charge in [0.05, 0.1) is 30.8 Å². The molecule has 1 fully saturated rings. The monoisotopic (exact) mass is 352 g/mol. The highest BCUT2D eigenvalue weighted by molar-refractivity contribution is 5.83. The molecule has 2 atom stereocenters. The third-order valence-electron chi connectivity index (χ3n) is 4.76. The number of carbonyl (C=O) groups excluding carboxylic acids is 1. The van der Waals surface area contributed by atoms with Gasteiger partial charge >= 0.3 is 6.09 Å². The summed E-state index contributed by atoms with van der Waals surface area (Å²) in [7, 11) is 0. The van der Waals surface area contributed by atoms with Crippen molar-refractivity contribution < 1.29 is 14.3 Å². The zero-order chi connectivity index (χ0) is 18.3. The van der Waals surface area contributed by atoms with E-state index in [9.17, 15) is 4.79 Å². The van der Waals surface area contributed by atoms with E-state index in [0.29, 0.717) is 13.2 Å². The van der Waals surface area contributed by atoms with Crippen LogP contribution in [0.15, 0.2) is 42.6 Å². The number of carbonyl (C=O) groups is 1. The van der Waals surface area contributed by atoms with Gasteiger partial charge in [-0.1, -0.05) is 24.3 Å². The van der Waals surface area contributed by atoms with Crippen molar-refractivity contribution in [1.29, 1.82) is 0 Å². The number of nitrogens with zero attached hydrogens (tertiary/aromatic N) is 2. The smallest absolute Gasteiger partial charge is 0.411 e. The molecule has 2 bridgehead atoms. The summed E-state index contributed by atoms with van der Waals surface area (Å²) in [5.74, 6) is 0. The van der Waals surface area contributed by atoms with E-state index in [-0.39, 0.29) is 18.2 Å². The molecule has 2 aliphatic rings. The summed E-state index contributed by atoms with van der Waals surface area (Å²) in [4.78, 5) is 19.1. The van der Waals surface area contributed by atoms with Crippen LogP contribution in [-0.4, -0.2) is 46.9 Å². The lowest BCUT2D eigenvalue weighted by atomic mass is 9.90. The number of aromatic nitrogens is 1. The molecule has 4 rings (SSSR count). The van der Waals surface area contributed by atoms with Gasteiger partial charge in [0.15, 0.2) is 0 Å². The standard InChI is InChI=1S/C21H24N2O3/c1-21(2,3)26-20(24)23-17-9-15(10-18(23)13-25-12-17)16-8-14-6-4-5-7-19(14)22-11-16/h4-9,11,17-18H,10,12-13H2,1-3H3. The molecule has 0 aliphatic carbocycles. The molecule has 0 spiro atoms. The zero-order valence-electron chi connectivity index (χ0n) is 15.4. The first kappa shape index (κ1) is 17.0. The van der Waals surface area contributed by atoms with Crippen LogP contribution in [0.5, 0.6) is 0 Å². The summed E-state index contributed by atoms with van der Waals surface area (Å²) in [6.45, 7) is 6.71. The Kier molecular flexibility index (Phi) is 4.19. The van der Waals surface area contributed by atoms with E-state index in [1.807, 2.05) is 50.1 Å². The molecule has 5 nitrogen and oxygen atoms in total. The van der Waals surface area contributed by atoms with Crippen molar-refractivity contribution in [1.82, 2.24) is 9.88 Å². The second-order valence-corrected chi connectivity index (χ2v) is 7.96. The van der Waals surface area contributed by atoms with Crippen LogP contribution < -0.4 is 0 Å². The number of hydrogen-bond donors (Lipinski definition) is 0. The molecule has 3 heterocycles. The largest absolute Gasteiger partial charge is 0.444 e. The molecule has 26 heavy (non-hydrogen) atoms. The quantitative estimate of drug-likeness (QED) is 0.778. The molecule has 1 amide bonds. The summed E-state index contributed by atoms with van der Waals surface area (Å²) in [5, 5.41) is 1.13. The molecule has 0 radical (unpaired) electrons. The van der Waals surface area contributed by atoms with Crippen LogP contribution in [0, 0.1) is 0 Å². The number of ether oxygens (including phenoxy) is 2. The minimum Gasteiger partial charge on any atom is -0.444 e. The SMILES string of the molecule is CC(C)(C)OC(=O)N1C2C=C(c3cnc4ccccc4c3)CC1COC2. The van der Waals surface area contributed by atoms with Gasteiger partial charge in [-0.25, -0.2) is 4.79 Å². The lowest BCUT2D eigenvalue weighted by Gasteiger charge is -2.44. The molecular formula is C21H24N2O3. The molecule has 2 aliphatic heterocycles. The Bertz CT molecular complexity index is 869. The maximum Gasteiger partial charge on any atom is 0.411 e. The van der Waals surface area contributed by atoms with E-state index in [4.69, 9.17) is 9.47 Å². The average molecular weight is 352 g/mol. The van der Waals surface area contributed by atoms with Crippen LogP contribution in [0.2, 0.25) is 0 Å². The van der Waals surface area contributed by atoms with E-state index < -0.39 is 5.60 Å². The topological polar surface area (TPSA) is 51.7 Å². The minimum atomic E-state index is -0.501. The van der Waals surface area contributed by atoms with Crippen molar-refractivity contribution in [2.45, 2.75) is 44.9 Å². The number of morpholine rings is 1. The number of para-hydroxylation sites is 1. The highest BCUT2D eigenvalue weighted by atomic mass is 16.6. The van der Waals surface area contributed by atoms with E-state index in [1.54, 1.807) is 0 Å². The molecule has 0 N–H and O–H groups in total. The highest BCUT2D eigenvalue weighted by Crippen LogP contribution is 2.34. The van der Waals surface area contributed by atoms with Crippen LogP contribution >= 0.6 is 0 Å². The maximum absolute atomic E-state index is 12.7. The molecule has 5 heteroatoms. The van der Waals surface area contributed by atoms with E-state index >= 15 is 0 Å². The van der Waals surface area contributed by atoms with Gasteiger partial charge in [0.2, 0.25) is 0 Å². The Hall–Kier alpha value is -2.40. The van der Waals surface area contributed by atoms with Crippen molar-refractivity contribution >= 4 is 22.6 Å². The highest BCUT2D eigenvalue weighted by Gasteiger charge is 2.40. The van der Waals surface area contributed by atoms with Gasteiger partial charge in [0.25, 0.3) is 0 Å². The second-order valence-electron chi connectivity index (χ2n) is 7.96. The number of rotatable bonds is 1. The molecule has 1 aromatic heterocycles. The molecule has 0 saturated carbocycles. The summed E-state index contributed by atoms with van der Waals surface area (Å²) in [6.07, 6.45) is 4.54. The van der Waals surface area contributed by atoms with Gasteiger partial charge in [-0.2, -0.15) is 0 Å². The zero-order valence-corrected chi connectivity index (χ0v) is 15.4. The molecular weight excluding hydrogens is 328 g/mol. The van der Waals surface area contributed by atoms with Crippen molar-refractivity contribution in [3.63, 3.8) is 0 Å². The third-order valence-corrected chi connectivity index (χ3v) is 4.76. The fourth-order valence-electron chi connectivity index (χ4n) is 3.66. The third kappa shape index (κ3) is 3.31. The normalized spacial score (nSPS) is 22.9. The predicted molar refractivity (Wildman–Crippen MR) is 101 cm³/mol. The minimum absolute atomic E-state index is 0.00456. The van der Waals surface area contributed by atoms with Gasteiger partial charge in [-0.15, -0.1) is 0 Å². The molecule has 1 saturated heterocycles. The summed E-state index contributed by atoms with van der Waals surface area (Å²) >= 11 is 0. The van der Waals surface area contributed by atoms with Crippen LogP contribution in [0.3, 0.4) is 0 Å². The number of hydrogen-bond acceptors (Lipinski definition) is 4. The van der Waals surface area contributed by atoms with Crippen LogP contribution in [0.25, 0.3) is 16.5 Å². The fraction of sp³-hybridized carbons (Fsp3) is 0.429. The van der Waals surface area contributed by atoms with Gasteiger partial charge in [-0.05, 0) is 50.5 Å². The number of pyridine rings is 1. The van der Waals surface area contributed by atoms with Gasteiger partial charge < -0.3 is 9.47 Å². The van der Waals surface area contributed by atoms with Crippen LogP contribution in [-0.2, 0) is 9.47 Å². The molecule has 1 aromatic carbocycles. The van der Waals surface area contributed by atoms with E-state index in [1.165, 1.54) is 5.57 Å². The molecule has 2 unspecified atom stereocenters. The predicted octanol–water partition coefficient (Wildman–Crippen LogP) is 4.03. The Balaban J connectivity index is 1.64. The van der Waals surface area contributed by atoms with Gasteiger partial charge in [0, 0.05) is 11.6 Å². The lowest BCUT2D eigenvalue weighted by molar-refractivity contribution is -0.0510. The fourth-order valence-corrected chi connectivity index (χ4v) is 3.66. The van der Waals surface area contributed by atoms with Crippen LogP contribution in [0.4, 0.5) is 4.79 Å². The van der Waals surface area contributed by atoms with Gasteiger partial charge in [0.1, 0.15) is 5.60 Å². The van der Waals surface area contributed by atoms with Gasteiger partial charge in [-0.3, -0.25) is 9.88 Å². The maximum atomic E-state index is 12.7. The molecule has 136 valence electrons. The van der Waals surface area contributed by atoms with E-state index in [2.05, 4.69) is 23.2 Å². The van der Waals surface area contributed by atoms with Crippen molar-refractivity contribution in [3.05, 3.63) is 48.2 Å². The average Bonchev–Trinajstić information content (AvgIpc) is 2.58. The molecule has 2 aromatic rings. The Morgan fingerprint density at radius 3 is 2.85 bits per heavy atom. The number of amides is 1. The Labute approximate surface area is 153 Å². The first-order valence-corrected chi connectivity index (χ1v) is 9.06. The van der Waals surface area contributed by atoms with Crippen molar-refractivity contribution in [3.8, 4) is 0 Å². The number of benzene rings is 1. The Morgan fingerprint density at radius 2 is 2.08 bits per heavy atom. The summed E-state index contributed by atoms with van der Waals surface area (Å²) in [6, 6.07) is 10.2. The first-order chi connectivity index (χ1) is 12.4. The first-order valence-electron chi connectivity index (χ1n) is 9.06. The van der Waals surface area contributed by atoms with Crippen molar-refractivity contribution in [2.75, 3.05) is 13.2 Å². The van der Waals surface area contributed by atoms with E-state index in [0.717, 1.165) is 22.9 Å². The lowest BCUT2D eigenvalue weighted by Crippen LogP contribution is -2.57. The number of fused-ring (bicyclic) bond motifs is 3. The van der Waals surface area contributed by atoms with Crippen LogP contribution in [0.1, 0.15) is 32.8 Å². The summed E-state index contributed by atoms with van der Waals surface area (Å²) in [5.41, 5.74) is 2.83.